The minimum Gasteiger partial charge on any atom is -0.342 e. The van der Waals surface area contributed by atoms with Gasteiger partial charge in [-0.15, -0.1) is 0 Å². The van der Waals surface area contributed by atoms with E-state index in [0.29, 0.717) is 18.8 Å². The number of imide groups is 1. The van der Waals surface area contributed by atoms with Gasteiger partial charge in [0.1, 0.15) is 12.1 Å². The lowest BCUT2D eigenvalue weighted by atomic mass is 9.76. The maximum absolute atomic E-state index is 12.3. The minimum atomic E-state index is -0.808. The standard InChI is InChI=1S/C15H25N3O3/c1-10(2)17(4)12(19)9-18-14(21)16-13(20)15(18)7-5-11(3)6-8-15/h10-11H,5-9H2,1-4H3,(H,16,20,21). The van der Waals surface area contributed by atoms with Crippen LogP contribution in [0.3, 0.4) is 0 Å². The summed E-state index contributed by atoms with van der Waals surface area (Å²) in [5, 5.41) is 2.39. The molecule has 21 heavy (non-hydrogen) atoms. The lowest BCUT2D eigenvalue weighted by Crippen LogP contribution is -2.55. The van der Waals surface area contributed by atoms with Crippen molar-refractivity contribution in [2.45, 2.75) is 58.0 Å². The predicted molar refractivity (Wildman–Crippen MR) is 78.5 cm³/mol. The Labute approximate surface area is 125 Å². The number of carbonyl (C=O) groups is 3. The molecule has 1 aliphatic heterocycles. The van der Waals surface area contributed by atoms with Crippen LogP contribution in [0.25, 0.3) is 0 Å². The molecule has 6 heteroatoms. The van der Waals surface area contributed by atoms with E-state index >= 15 is 0 Å². The minimum absolute atomic E-state index is 0.0271. The van der Waals surface area contributed by atoms with E-state index in [-0.39, 0.29) is 24.4 Å². The van der Waals surface area contributed by atoms with E-state index in [0.717, 1.165) is 12.8 Å². The van der Waals surface area contributed by atoms with Crippen molar-refractivity contribution in [1.29, 1.82) is 0 Å². The molecule has 1 heterocycles. The monoisotopic (exact) mass is 295 g/mol. The molecule has 0 unspecified atom stereocenters. The number of nitrogens with one attached hydrogen (secondary N) is 1. The smallest absolute Gasteiger partial charge is 0.325 e. The van der Waals surface area contributed by atoms with Crippen LogP contribution in [-0.4, -0.2) is 52.8 Å². The second-order valence-corrected chi connectivity index (χ2v) is 6.66. The first-order valence-corrected chi connectivity index (χ1v) is 7.66. The Bertz CT molecular complexity index is 453. The second-order valence-electron chi connectivity index (χ2n) is 6.66. The molecule has 0 atom stereocenters. The Morgan fingerprint density at radius 2 is 1.95 bits per heavy atom. The van der Waals surface area contributed by atoms with Gasteiger partial charge in [0, 0.05) is 13.1 Å². The topological polar surface area (TPSA) is 69.7 Å². The van der Waals surface area contributed by atoms with Crippen molar-refractivity contribution in [1.82, 2.24) is 15.1 Å². The summed E-state index contributed by atoms with van der Waals surface area (Å²) in [6, 6.07) is -0.360. The van der Waals surface area contributed by atoms with Crippen LogP contribution in [0.15, 0.2) is 0 Å². The highest BCUT2D eigenvalue weighted by atomic mass is 16.2. The van der Waals surface area contributed by atoms with Gasteiger partial charge in [-0.2, -0.15) is 0 Å². The fourth-order valence-electron chi connectivity index (χ4n) is 3.09. The molecule has 1 N–H and O–H groups in total. The summed E-state index contributed by atoms with van der Waals surface area (Å²) in [5.74, 6) is 0.197. The van der Waals surface area contributed by atoms with Crippen molar-refractivity contribution in [3.8, 4) is 0 Å². The number of urea groups is 1. The summed E-state index contributed by atoms with van der Waals surface area (Å²) < 4.78 is 0. The van der Waals surface area contributed by atoms with E-state index in [2.05, 4.69) is 12.2 Å². The lowest BCUT2D eigenvalue weighted by Gasteiger charge is -2.40. The maximum Gasteiger partial charge on any atom is 0.325 e. The third-order valence-electron chi connectivity index (χ3n) is 4.97. The zero-order valence-electron chi connectivity index (χ0n) is 13.3. The van der Waals surface area contributed by atoms with E-state index in [1.165, 1.54) is 4.90 Å². The van der Waals surface area contributed by atoms with E-state index in [4.69, 9.17) is 0 Å². The number of nitrogens with zero attached hydrogens (tertiary/aromatic N) is 2. The second kappa shape index (κ2) is 5.66. The summed E-state index contributed by atoms with van der Waals surface area (Å²) in [6.45, 7) is 5.97. The van der Waals surface area contributed by atoms with Gasteiger partial charge in [-0.3, -0.25) is 14.9 Å². The molecule has 0 bridgehead atoms. The van der Waals surface area contributed by atoms with Crippen molar-refractivity contribution in [3.63, 3.8) is 0 Å². The number of amides is 4. The van der Waals surface area contributed by atoms with Crippen molar-refractivity contribution in [2.24, 2.45) is 5.92 Å². The largest absolute Gasteiger partial charge is 0.342 e. The van der Waals surface area contributed by atoms with Gasteiger partial charge in [0.25, 0.3) is 5.91 Å². The molecule has 0 radical (unpaired) electrons. The molecular weight excluding hydrogens is 270 g/mol. The number of rotatable bonds is 3. The molecule has 118 valence electrons. The Balaban J connectivity index is 2.17. The van der Waals surface area contributed by atoms with Gasteiger partial charge in [-0.05, 0) is 45.4 Å². The van der Waals surface area contributed by atoms with Crippen LogP contribution in [0.2, 0.25) is 0 Å². The van der Waals surface area contributed by atoms with Gasteiger partial charge in [0.15, 0.2) is 0 Å². The predicted octanol–water partition coefficient (Wildman–Crippen LogP) is 1.35. The highest BCUT2D eigenvalue weighted by molar-refractivity contribution is 6.08. The molecule has 2 aliphatic rings. The first kappa shape index (κ1) is 15.8. The Kier molecular flexibility index (Phi) is 4.25. The third-order valence-corrected chi connectivity index (χ3v) is 4.97. The van der Waals surface area contributed by atoms with Crippen LogP contribution < -0.4 is 5.32 Å². The highest BCUT2D eigenvalue weighted by Gasteiger charge is 2.54. The number of likely N-dealkylation sites (N-methyl/N-ethyl adjacent to an activating group) is 1. The zero-order chi connectivity index (χ0) is 15.8. The van der Waals surface area contributed by atoms with Gasteiger partial charge in [-0.1, -0.05) is 6.92 Å². The van der Waals surface area contributed by atoms with Crippen molar-refractivity contribution in [2.75, 3.05) is 13.6 Å². The first-order valence-electron chi connectivity index (χ1n) is 7.66. The van der Waals surface area contributed by atoms with Crippen LogP contribution in [-0.2, 0) is 9.59 Å². The summed E-state index contributed by atoms with van der Waals surface area (Å²) in [7, 11) is 1.72. The summed E-state index contributed by atoms with van der Waals surface area (Å²) in [6.07, 6.45) is 3.10. The average Bonchev–Trinajstić information content (AvgIpc) is 2.65. The fraction of sp³-hybridized carbons (Fsp3) is 0.800. The molecule has 2 fully saturated rings. The van der Waals surface area contributed by atoms with Gasteiger partial charge < -0.3 is 9.80 Å². The van der Waals surface area contributed by atoms with Crippen LogP contribution in [0, 0.1) is 5.92 Å². The number of carbonyl (C=O) groups excluding carboxylic acids is 3. The zero-order valence-corrected chi connectivity index (χ0v) is 13.3. The first-order chi connectivity index (χ1) is 9.78. The van der Waals surface area contributed by atoms with Crippen LogP contribution in [0.1, 0.15) is 46.5 Å². The summed E-state index contributed by atoms with van der Waals surface area (Å²) in [5.41, 5.74) is -0.808. The SMILES string of the molecule is CC1CCC2(CC1)C(=O)NC(=O)N2CC(=O)N(C)C(C)C. The molecule has 1 saturated carbocycles. The van der Waals surface area contributed by atoms with Crippen molar-refractivity contribution >= 4 is 17.8 Å². The highest BCUT2D eigenvalue weighted by Crippen LogP contribution is 2.39. The Hall–Kier alpha value is -1.59. The van der Waals surface area contributed by atoms with Crippen LogP contribution >= 0.6 is 0 Å². The molecular formula is C15H25N3O3. The van der Waals surface area contributed by atoms with E-state index in [9.17, 15) is 14.4 Å². The molecule has 0 aromatic heterocycles. The lowest BCUT2D eigenvalue weighted by molar-refractivity contribution is -0.135. The molecule has 2 rings (SSSR count). The maximum atomic E-state index is 12.3. The molecule has 1 spiro atoms. The van der Waals surface area contributed by atoms with Crippen LogP contribution in [0.4, 0.5) is 4.79 Å². The Morgan fingerprint density at radius 1 is 1.38 bits per heavy atom. The molecule has 4 amide bonds. The normalized spacial score (nSPS) is 29.2. The van der Waals surface area contributed by atoms with Crippen molar-refractivity contribution in [3.05, 3.63) is 0 Å². The number of hydrogen-bond donors (Lipinski definition) is 1. The van der Waals surface area contributed by atoms with Gasteiger partial charge in [0.05, 0.1) is 0 Å². The summed E-state index contributed by atoms with van der Waals surface area (Å²) >= 11 is 0. The van der Waals surface area contributed by atoms with Crippen molar-refractivity contribution < 1.29 is 14.4 Å². The molecule has 0 aromatic carbocycles. The average molecular weight is 295 g/mol. The number of hydrogen-bond acceptors (Lipinski definition) is 3. The van der Waals surface area contributed by atoms with Gasteiger partial charge in [-0.25, -0.2) is 4.79 Å². The fourth-order valence-corrected chi connectivity index (χ4v) is 3.09. The third kappa shape index (κ3) is 2.76. The Morgan fingerprint density at radius 3 is 2.48 bits per heavy atom. The van der Waals surface area contributed by atoms with Gasteiger partial charge in [0.2, 0.25) is 5.91 Å². The summed E-state index contributed by atoms with van der Waals surface area (Å²) in [4.78, 5) is 39.7. The molecule has 1 saturated heterocycles. The molecule has 0 aromatic rings. The van der Waals surface area contributed by atoms with E-state index < -0.39 is 11.6 Å². The van der Waals surface area contributed by atoms with Crippen LogP contribution in [0.5, 0.6) is 0 Å². The van der Waals surface area contributed by atoms with E-state index in [1.807, 2.05) is 13.8 Å². The molecule has 1 aliphatic carbocycles. The van der Waals surface area contributed by atoms with E-state index in [1.54, 1.807) is 11.9 Å². The quantitative estimate of drug-likeness (QED) is 0.799. The molecule has 6 nitrogen and oxygen atoms in total. The van der Waals surface area contributed by atoms with Gasteiger partial charge >= 0.3 is 6.03 Å².